The van der Waals surface area contributed by atoms with E-state index in [9.17, 15) is 4.79 Å². The second-order valence-electron chi connectivity index (χ2n) is 7.62. The van der Waals surface area contributed by atoms with E-state index in [1.54, 1.807) is 30.0 Å². The van der Waals surface area contributed by atoms with E-state index in [1.807, 2.05) is 36.4 Å². The second-order valence-corrected chi connectivity index (χ2v) is 9.00. The van der Waals surface area contributed by atoms with Crippen molar-refractivity contribution < 1.29 is 9.53 Å². The van der Waals surface area contributed by atoms with E-state index < -0.39 is 0 Å². The highest BCUT2D eigenvalue weighted by atomic mass is 35.5. The molecular weight excluding hydrogens is 460 g/mol. The van der Waals surface area contributed by atoms with Gasteiger partial charge >= 0.3 is 0 Å². The van der Waals surface area contributed by atoms with Crippen molar-refractivity contribution in [1.29, 1.82) is 0 Å². The highest BCUT2D eigenvalue weighted by molar-refractivity contribution is 7.99. The van der Waals surface area contributed by atoms with Gasteiger partial charge in [0.2, 0.25) is 11.1 Å². The molecule has 33 heavy (non-hydrogen) atoms. The second kappa shape index (κ2) is 9.29. The van der Waals surface area contributed by atoms with E-state index in [0.717, 1.165) is 24.2 Å². The predicted octanol–water partition coefficient (Wildman–Crippen LogP) is 4.93. The third-order valence-electron chi connectivity index (χ3n) is 5.21. The number of anilines is 1. The molecule has 2 heterocycles. The number of amides is 1. The van der Waals surface area contributed by atoms with Crippen LogP contribution in [0.1, 0.15) is 24.5 Å². The zero-order valence-corrected chi connectivity index (χ0v) is 19.4. The molecule has 0 radical (unpaired) electrons. The first kappa shape index (κ1) is 21.5. The molecule has 1 amide bonds. The summed E-state index contributed by atoms with van der Waals surface area (Å²) in [7, 11) is 1.58. The van der Waals surface area contributed by atoms with Gasteiger partial charge in [0.1, 0.15) is 11.6 Å². The van der Waals surface area contributed by atoms with Crippen LogP contribution in [0.5, 0.6) is 5.75 Å². The van der Waals surface area contributed by atoms with Crippen LogP contribution >= 0.6 is 23.4 Å². The number of carbonyl (C=O) groups is 1. The Morgan fingerprint density at radius 2 is 2.06 bits per heavy atom. The molecule has 2 aromatic heterocycles. The zero-order chi connectivity index (χ0) is 22.8. The summed E-state index contributed by atoms with van der Waals surface area (Å²) < 4.78 is 7.16. The number of carbonyl (C=O) groups excluding carboxylic acids is 1. The maximum atomic E-state index is 12.7. The number of thioether (sulfide) groups is 1. The molecule has 2 N–H and O–H groups in total. The van der Waals surface area contributed by atoms with Gasteiger partial charge in [0.25, 0.3) is 0 Å². The van der Waals surface area contributed by atoms with E-state index in [0.29, 0.717) is 39.1 Å². The van der Waals surface area contributed by atoms with Crippen molar-refractivity contribution in [2.45, 2.75) is 23.9 Å². The van der Waals surface area contributed by atoms with Crippen LogP contribution in [0.15, 0.2) is 59.8 Å². The van der Waals surface area contributed by atoms with Crippen LogP contribution in [0.4, 0.5) is 5.82 Å². The number of para-hydroxylation sites is 1. The number of nitrogens with one attached hydrogen (secondary N) is 2. The molecule has 10 heteroatoms. The Hall–Kier alpha value is -3.30. The van der Waals surface area contributed by atoms with Crippen LogP contribution in [-0.2, 0) is 4.79 Å². The fraction of sp³-hybridized carbons (Fsp3) is 0.217. The molecule has 5 rings (SSSR count). The van der Waals surface area contributed by atoms with Gasteiger partial charge in [0, 0.05) is 17.0 Å². The van der Waals surface area contributed by atoms with Crippen molar-refractivity contribution in [2.75, 3.05) is 18.2 Å². The minimum absolute atomic E-state index is 0.155. The molecule has 0 aliphatic heterocycles. The summed E-state index contributed by atoms with van der Waals surface area (Å²) in [6.45, 7) is 0. The molecule has 8 nitrogen and oxygen atoms in total. The number of H-pyrrole nitrogens is 1. The maximum absolute atomic E-state index is 12.7. The third-order valence-corrected chi connectivity index (χ3v) is 6.29. The van der Waals surface area contributed by atoms with E-state index >= 15 is 0 Å². The molecule has 1 aliphatic rings. The lowest BCUT2D eigenvalue weighted by Gasteiger charge is -2.08. The summed E-state index contributed by atoms with van der Waals surface area (Å²) in [6.07, 6.45) is 2.28. The van der Waals surface area contributed by atoms with E-state index in [2.05, 4.69) is 20.5 Å². The number of ether oxygens (including phenoxy) is 1. The summed E-state index contributed by atoms with van der Waals surface area (Å²) in [4.78, 5) is 17.2. The molecule has 0 saturated heterocycles. The quantitative estimate of drug-likeness (QED) is 0.347. The van der Waals surface area contributed by atoms with Gasteiger partial charge < -0.3 is 10.1 Å². The van der Waals surface area contributed by atoms with Crippen LogP contribution in [0, 0.1) is 0 Å². The molecule has 1 aliphatic carbocycles. The number of nitrogens with zero attached hydrogens (tertiary/aromatic N) is 4. The highest BCUT2D eigenvalue weighted by Crippen LogP contribution is 2.40. The van der Waals surface area contributed by atoms with Gasteiger partial charge in [-0.2, -0.15) is 5.10 Å². The van der Waals surface area contributed by atoms with Crippen LogP contribution in [0.25, 0.3) is 17.1 Å². The molecule has 0 unspecified atom stereocenters. The smallest absolute Gasteiger partial charge is 0.236 e. The van der Waals surface area contributed by atoms with Crippen molar-refractivity contribution in [3.8, 4) is 22.8 Å². The lowest BCUT2D eigenvalue weighted by molar-refractivity contribution is -0.113. The normalized spacial score (nSPS) is 13.2. The Bertz CT molecular complexity index is 1290. The monoisotopic (exact) mass is 480 g/mol. The molecule has 2 aromatic carbocycles. The number of aromatic amines is 1. The van der Waals surface area contributed by atoms with Crippen LogP contribution in [-0.4, -0.2) is 43.7 Å². The molecule has 1 saturated carbocycles. The maximum Gasteiger partial charge on any atom is 0.236 e. The fourth-order valence-electron chi connectivity index (χ4n) is 3.44. The number of benzene rings is 2. The van der Waals surface area contributed by atoms with Gasteiger partial charge in [-0.05, 0) is 43.2 Å². The van der Waals surface area contributed by atoms with Crippen LogP contribution < -0.4 is 10.1 Å². The molecule has 168 valence electrons. The average Bonchev–Trinajstić information content (AvgIpc) is 3.43. The van der Waals surface area contributed by atoms with Gasteiger partial charge in [-0.15, -0.1) is 5.10 Å². The van der Waals surface area contributed by atoms with E-state index in [4.69, 9.17) is 21.4 Å². The Morgan fingerprint density at radius 3 is 2.82 bits per heavy atom. The first-order valence-electron chi connectivity index (χ1n) is 10.4. The van der Waals surface area contributed by atoms with Crippen molar-refractivity contribution in [3.05, 3.63) is 65.3 Å². The Kier molecular flexibility index (Phi) is 6.06. The summed E-state index contributed by atoms with van der Waals surface area (Å²) in [5, 5.41) is 15.8. The zero-order valence-electron chi connectivity index (χ0n) is 17.8. The van der Waals surface area contributed by atoms with Crippen LogP contribution in [0.2, 0.25) is 5.02 Å². The van der Waals surface area contributed by atoms with E-state index in [-0.39, 0.29) is 11.7 Å². The van der Waals surface area contributed by atoms with E-state index in [1.165, 1.54) is 11.8 Å². The average molecular weight is 481 g/mol. The number of halogens is 1. The van der Waals surface area contributed by atoms with Crippen molar-refractivity contribution in [2.24, 2.45) is 0 Å². The number of aromatic nitrogens is 5. The minimum Gasteiger partial charge on any atom is -0.496 e. The summed E-state index contributed by atoms with van der Waals surface area (Å²) in [5.41, 5.74) is 2.62. The first-order chi connectivity index (χ1) is 16.1. The lowest BCUT2D eigenvalue weighted by atomic mass is 10.2. The summed E-state index contributed by atoms with van der Waals surface area (Å²) in [6, 6.07) is 17.0. The number of hydrogen-bond acceptors (Lipinski definition) is 6. The first-order valence-corrected chi connectivity index (χ1v) is 11.8. The number of hydrogen-bond donors (Lipinski definition) is 2. The Morgan fingerprint density at radius 1 is 1.24 bits per heavy atom. The van der Waals surface area contributed by atoms with Gasteiger partial charge in [0.15, 0.2) is 5.82 Å². The molecule has 0 bridgehead atoms. The standard InChI is InChI=1S/C23H21ClN6O2S/c1-32-19-10-9-15(24)11-17(19)22-26-23(28-27-22)33-13-21(31)25-20-12-18(14-7-8-14)29-30(20)16-5-3-2-4-6-16/h2-6,9-12,14H,7-8,13H2,1H3,(H,25,31)(H,26,27,28). The van der Waals surface area contributed by atoms with Gasteiger partial charge in [-0.1, -0.05) is 41.6 Å². The van der Waals surface area contributed by atoms with Crippen molar-refractivity contribution in [1.82, 2.24) is 25.0 Å². The van der Waals surface area contributed by atoms with Gasteiger partial charge in [-0.3, -0.25) is 9.89 Å². The molecule has 1 fully saturated rings. The Balaban J connectivity index is 1.27. The highest BCUT2D eigenvalue weighted by Gasteiger charge is 2.28. The van der Waals surface area contributed by atoms with Gasteiger partial charge in [-0.25, -0.2) is 9.67 Å². The molecule has 4 aromatic rings. The van der Waals surface area contributed by atoms with Gasteiger partial charge in [0.05, 0.1) is 29.8 Å². The number of methoxy groups -OCH3 is 1. The molecule has 0 spiro atoms. The van der Waals surface area contributed by atoms with Crippen LogP contribution in [0.3, 0.4) is 0 Å². The lowest BCUT2D eigenvalue weighted by Crippen LogP contribution is -2.17. The summed E-state index contributed by atoms with van der Waals surface area (Å²) in [5.74, 6) is 2.29. The van der Waals surface area contributed by atoms with Crippen molar-refractivity contribution >= 4 is 35.1 Å². The van der Waals surface area contributed by atoms with Crippen molar-refractivity contribution in [3.63, 3.8) is 0 Å². The minimum atomic E-state index is -0.161. The third kappa shape index (κ3) is 4.89. The largest absolute Gasteiger partial charge is 0.496 e. The fourth-order valence-corrected chi connectivity index (χ4v) is 4.21. The summed E-state index contributed by atoms with van der Waals surface area (Å²) >= 11 is 7.35. The Labute approximate surface area is 199 Å². The topological polar surface area (TPSA) is 97.7 Å². The molecule has 0 atom stereocenters. The predicted molar refractivity (Wildman–Crippen MR) is 128 cm³/mol. The number of rotatable bonds is 8. The SMILES string of the molecule is COc1ccc(Cl)cc1-c1nc(SCC(=O)Nc2cc(C3CC3)nn2-c2ccccc2)n[nH]1. The molecular formula is C23H21ClN6O2S.